The molecule has 4 heteroatoms. The Bertz CT molecular complexity index is 450. The van der Waals surface area contributed by atoms with E-state index in [1.165, 1.54) is 6.07 Å². The minimum absolute atomic E-state index is 0.0998. The van der Waals surface area contributed by atoms with E-state index in [4.69, 9.17) is 0 Å². The van der Waals surface area contributed by atoms with Crippen LogP contribution in [0.2, 0.25) is 0 Å². The molecule has 1 aromatic carbocycles. The lowest BCUT2D eigenvalue weighted by Crippen LogP contribution is -2.58. The van der Waals surface area contributed by atoms with Crippen molar-refractivity contribution in [1.29, 1.82) is 0 Å². The molecule has 0 aromatic heterocycles. The molecule has 3 nitrogen and oxygen atoms in total. The fraction of sp³-hybridized carbons (Fsp3) is 0.647. The van der Waals surface area contributed by atoms with Crippen LogP contribution >= 0.6 is 0 Å². The van der Waals surface area contributed by atoms with Crippen LogP contribution in [0.5, 0.6) is 0 Å². The molecule has 0 saturated heterocycles. The molecule has 0 amide bonds. The molecule has 1 aromatic rings. The molecule has 21 heavy (non-hydrogen) atoms. The summed E-state index contributed by atoms with van der Waals surface area (Å²) in [5, 5.41) is 13.5. The molecular weight excluding hydrogens is 267 g/mol. The second-order valence-electron chi connectivity index (χ2n) is 5.98. The molecule has 1 aliphatic rings. The third kappa shape index (κ3) is 3.74. The van der Waals surface area contributed by atoms with Crippen molar-refractivity contribution in [3.63, 3.8) is 0 Å². The molecule has 1 unspecified atom stereocenters. The number of anilines is 1. The van der Waals surface area contributed by atoms with E-state index in [1.54, 1.807) is 6.07 Å². The maximum Gasteiger partial charge on any atom is 0.146 e. The lowest BCUT2D eigenvalue weighted by atomic mass is 9.92. The molecule has 118 valence electrons. The second-order valence-corrected chi connectivity index (χ2v) is 5.98. The summed E-state index contributed by atoms with van der Waals surface area (Å²) in [6.07, 6.45) is 3.32. The first-order valence-electron chi connectivity index (χ1n) is 8.02. The van der Waals surface area contributed by atoms with Crippen LogP contribution in [0.15, 0.2) is 24.3 Å². The van der Waals surface area contributed by atoms with Gasteiger partial charge in [-0.05, 0) is 50.8 Å². The Labute approximate surface area is 127 Å². The van der Waals surface area contributed by atoms with E-state index in [2.05, 4.69) is 12.2 Å². The summed E-state index contributed by atoms with van der Waals surface area (Å²) < 4.78 is 14.1. The number of hydrogen-bond acceptors (Lipinski definition) is 3. The average Bonchev–Trinajstić information content (AvgIpc) is 3.34. The molecule has 0 aliphatic heterocycles. The van der Waals surface area contributed by atoms with Gasteiger partial charge in [-0.2, -0.15) is 0 Å². The molecule has 1 aliphatic carbocycles. The van der Waals surface area contributed by atoms with Crippen molar-refractivity contribution in [2.24, 2.45) is 5.92 Å². The third-order valence-electron chi connectivity index (χ3n) is 4.42. The van der Waals surface area contributed by atoms with Crippen LogP contribution in [-0.4, -0.2) is 36.9 Å². The van der Waals surface area contributed by atoms with E-state index in [0.29, 0.717) is 18.2 Å². The largest absolute Gasteiger partial charge is 0.394 e. The monoisotopic (exact) mass is 294 g/mol. The Hall–Kier alpha value is -1.13. The smallest absolute Gasteiger partial charge is 0.146 e. The summed E-state index contributed by atoms with van der Waals surface area (Å²) in [7, 11) is 0. The Morgan fingerprint density at radius 3 is 2.57 bits per heavy atom. The van der Waals surface area contributed by atoms with Gasteiger partial charge in [-0.1, -0.05) is 19.1 Å². The summed E-state index contributed by atoms with van der Waals surface area (Å²) in [6, 6.07) is 6.88. The van der Waals surface area contributed by atoms with E-state index in [9.17, 15) is 9.50 Å². The number of aliphatic hydroxyl groups excluding tert-OH is 1. The number of nitrogens with zero attached hydrogens (tertiary/aromatic N) is 1. The third-order valence-corrected chi connectivity index (χ3v) is 4.42. The second kappa shape index (κ2) is 7.23. The highest BCUT2D eigenvalue weighted by Crippen LogP contribution is 2.40. The molecule has 0 radical (unpaired) electrons. The molecule has 1 saturated carbocycles. The van der Waals surface area contributed by atoms with Crippen molar-refractivity contribution in [3.05, 3.63) is 30.1 Å². The molecule has 0 heterocycles. The molecule has 2 N–H and O–H groups in total. The zero-order valence-corrected chi connectivity index (χ0v) is 13.1. The van der Waals surface area contributed by atoms with Crippen LogP contribution in [0.4, 0.5) is 10.1 Å². The van der Waals surface area contributed by atoms with Gasteiger partial charge in [0.05, 0.1) is 17.8 Å². The highest BCUT2D eigenvalue weighted by atomic mass is 19.1. The molecule has 2 rings (SSSR count). The summed E-state index contributed by atoms with van der Waals surface area (Å²) >= 11 is 0. The Balaban J connectivity index is 2.19. The maximum atomic E-state index is 14.1. The van der Waals surface area contributed by atoms with Crippen molar-refractivity contribution in [2.45, 2.75) is 38.6 Å². The topological polar surface area (TPSA) is 35.5 Å². The normalized spacial score (nSPS) is 17.5. The number of halogens is 1. The van der Waals surface area contributed by atoms with Crippen molar-refractivity contribution in [1.82, 2.24) is 5.32 Å². The van der Waals surface area contributed by atoms with E-state index < -0.39 is 0 Å². The van der Waals surface area contributed by atoms with E-state index in [-0.39, 0.29) is 18.0 Å². The van der Waals surface area contributed by atoms with Gasteiger partial charge in [0.15, 0.2) is 0 Å². The molecule has 1 atom stereocenters. The number of hydrogen-bond donors (Lipinski definition) is 2. The van der Waals surface area contributed by atoms with E-state index in [0.717, 1.165) is 32.4 Å². The first-order chi connectivity index (χ1) is 10.2. The summed E-state index contributed by atoms with van der Waals surface area (Å²) in [4.78, 5) is 2.03. The number of rotatable bonds is 9. The van der Waals surface area contributed by atoms with Gasteiger partial charge in [0.1, 0.15) is 5.82 Å². The molecule has 0 bridgehead atoms. The van der Waals surface area contributed by atoms with E-state index in [1.807, 2.05) is 24.0 Å². The number of para-hydroxylation sites is 1. The van der Waals surface area contributed by atoms with Crippen LogP contribution < -0.4 is 10.2 Å². The first-order valence-corrected chi connectivity index (χ1v) is 8.02. The molecular formula is C17H27FN2O. The van der Waals surface area contributed by atoms with E-state index >= 15 is 0 Å². The van der Waals surface area contributed by atoms with Crippen LogP contribution in [0.25, 0.3) is 0 Å². The van der Waals surface area contributed by atoms with Crippen LogP contribution in [-0.2, 0) is 0 Å². The number of aliphatic hydroxyl groups is 1. The van der Waals surface area contributed by atoms with Gasteiger partial charge in [-0.25, -0.2) is 4.39 Å². The zero-order chi connectivity index (χ0) is 15.3. The van der Waals surface area contributed by atoms with Gasteiger partial charge >= 0.3 is 0 Å². The standard InChI is InChI=1S/C17H27FN2O/c1-3-11-19-17(13-21,14-9-10-14)12-20(4-2)16-8-6-5-7-15(16)18/h5-8,14,19,21H,3-4,9-13H2,1-2H3. The Morgan fingerprint density at radius 1 is 1.33 bits per heavy atom. The summed E-state index contributed by atoms with van der Waals surface area (Å²) in [6.45, 7) is 6.50. The minimum atomic E-state index is -0.311. The number of likely N-dealkylation sites (N-methyl/N-ethyl adjacent to an activating group) is 1. The van der Waals surface area contributed by atoms with Gasteiger partial charge in [-0.3, -0.25) is 0 Å². The van der Waals surface area contributed by atoms with Crippen molar-refractivity contribution in [2.75, 3.05) is 31.1 Å². The van der Waals surface area contributed by atoms with Crippen molar-refractivity contribution < 1.29 is 9.50 Å². The van der Waals surface area contributed by atoms with Crippen molar-refractivity contribution in [3.8, 4) is 0 Å². The SMILES string of the molecule is CCCNC(CO)(CN(CC)c1ccccc1F)C1CC1. The maximum absolute atomic E-state index is 14.1. The Morgan fingerprint density at radius 2 is 2.05 bits per heavy atom. The Kier molecular flexibility index (Phi) is 5.59. The highest BCUT2D eigenvalue weighted by molar-refractivity contribution is 5.48. The lowest BCUT2D eigenvalue weighted by Gasteiger charge is -2.39. The van der Waals surface area contributed by atoms with Gasteiger partial charge in [-0.15, -0.1) is 0 Å². The quantitative estimate of drug-likeness (QED) is 0.735. The van der Waals surface area contributed by atoms with Gasteiger partial charge in [0, 0.05) is 13.1 Å². The van der Waals surface area contributed by atoms with Gasteiger partial charge in [0.2, 0.25) is 0 Å². The van der Waals surface area contributed by atoms with Crippen molar-refractivity contribution >= 4 is 5.69 Å². The van der Waals surface area contributed by atoms with Crippen LogP contribution in [0.3, 0.4) is 0 Å². The minimum Gasteiger partial charge on any atom is -0.394 e. The van der Waals surface area contributed by atoms with Gasteiger partial charge < -0.3 is 15.3 Å². The molecule has 0 spiro atoms. The highest BCUT2D eigenvalue weighted by Gasteiger charge is 2.45. The first kappa shape index (κ1) is 16.2. The van der Waals surface area contributed by atoms with Gasteiger partial charge in [0.25, 0.3) is 0 Å². The lowest BCUT2D eigenvalue weighted by molar-refractivity contribution is 0.144. The summed E-state index contributed by atoms with van der Waals surface area (Å²) in [5.41, 5.74) is 0.311. The predicted octanol–water partition coefficient (Wildman–Crippen LogP) is 2.79. The fourth-order valence-corrected chi connectivity index (χ4v) is 2.99. The van der Waals surface area contributed by atoms with Crippen LogP contribution in [0, 0.1) is 11.7 Å². The summed E-state index contributed by atoms with van der Waals surface area (Å²) in [5.74, 6) is 0.298. The zero-order valence-electron chi connectivity index (χ0n) is 13.1. The average molecular weight is 294 g/mol. The number of nitrogens with one attached hydrogen (secondary N) is 1. The number of benzene rings is 1. The fourth-order valence-electron chi connectivity index (χ4n) is 2.99. The van der Waals surface area contributed by atoms with Crippen LogP contribution in [0.1, 0.15) is 33.1 Å². The molecule has 1 fully saturated rings. The predicted molar refractivity (Wildman–Crippen MR) is 85.1 cm³/mol.